The zero-order valence-corrected chi connectivity index (χ0v) is 22.4. The highest BCUT2D eigenvalue weighted by Crippen LogP contribution is 2.44. The summed E-state index contributed by atoms with van der Waals surface area (Å²) in [4.78, 5) is 39.0. The Morgan fingerprint density at radius 3 is 2.05 bits per heavy atom. The van der Waals surface area contributed by atoms with Crippen LogP contribution in [0.5, 0.6) is 0 Å². The Bertz CT molecular complexity index is 1270. The average Bonchev–Trinajstić information content (AvgIpc) is 3.27. The molecule has 0 saturated carbocycles. The SMILES string of the molecule is CC(CN(C)C(=O)[C@H](NC(=O)OCC1c2ccccc2-c2ccccc21)[C@H](C)OCc1ccccc1)C(=O)O. The highest BCUT2D eigenvalue weighted by molar-refractivity contribution is 5.86. The number of benzene rings is 3. The zero-order chi connectivity index (χ0) is 27.9. The summed E-state index contributed by atoms with van der Waals surface area (Å²) in [6.07, 6.45) is -1.45. The van der Waals surface area contributed by atoms with Crippen molar-refractivity contribution in [1.82, 2.24) is 10.2 Å². The van der Waals surface area contributed by atoms with E-state index in [-0.39, 0.29) is 25.7 Å². The van der Waals surface area contributed by atoms with E-state index >= 15 is 0 Å². The maximum absolute atomic E-state index is 13.4. The molecule has 2 N–H and O–H groups in total. The molecule has 8 heteroatoms. The molecule has 2 amide bonds. The third-order valence-electron chi connectivity index (χ3n) is 7.05. The van der Waals surface area contributed by atoms with E-state index in [1.807, 2.05) is 66.7 Å². The lowest BCUT2D eigenvalue weighted by molar-refractivity contribution is -0.143. The molecule has 204 valence electrons. The van der Waals surface area contributed by atoms with Gasteiger partial charge in [0, 0.05) is 19.5 Å². The number of likely N-dealkylation sites (N-methyl/N-ethyl adjacent to an activating group) is 1. The number of carboxylic acids is 1. The molecule has 0 fully saturated rings. The Hall–Kier alpha value is -4.17. The second-order valence-electron chi connectivity index (χ2n) is 9.91. The Balaban J connectivity index is 1.45. The van der Waals surface area contributed by atoms with Gasteiger partial charge in [-0.05, 0) is 34.7 Å². The van der Waals surface area contributed by atoms with Gasteiger partial charge in [-0.25, -0.2) is 4.79 Å². The number of carbonyl (C=O) groups excluding carboxylic acids is 2. The minimum Gasteiger partial charge on any atom is -0.481 e. The normalized spacial score (nSPS) is 14.4. The fourth-order valence-electron chi connectivity index (χ4n) is 4.86. The van der Waals surface area contributed by atoms with Crippen molar-refractivity contribution in [3.63, 3.8) is 0 Å². The van der Waals surface area contributed by atoms with Gasteiger partial charge in [0.05, 0.1) is 18.6 Å². The van der Waals surface area contributed by atoms with Crippen LogP contribution in [0.2, 0.25) is 0 Å². The predicted molar refractivity (Wildman–Crippen MR) is 147 cm³/mol. The smallest absolute Gasteiger partial charge is 0.407 e. The minimum atomic E-state index is -1.07. The number of aliphatic carboxylic acids is 1. The van der Waals surface area contributed by atoms with E-state index in [1.165, 1.54) is 18.9 Å². The summed E-state index contributed by atoms with van der Waals surface area (Å²) in [6, 6.07) is 24.5. The predicted octanol–water partition coefficient (Wildman–Crippen LogP) is 4.68. The van der Waals surface area contributed by atoms with Gasteiger partial charge in [-0.3, -0.25) is 9.59 Å². The van der Waals surface area contributed by atoms with Crippen molar-refractivity contribution >= 4 is 18.0 Å². The van der Waals surface area contributed by atoms with Gasteiger partial charge in [0.15, 0.2) is 0 Å². The molecular weight excluding hydrogens is 496 g/mol. The topological polar surface area (TPSA) is 105 Å². The molecule has 8 nitrogen and oxygen atoms in total. The molecule has 1 aliphatic rings. The summed E-state index contributed by atoms with van der Waals surface area (Å²) in [6.45, 7) is 3.56. The van der Waals surface area contributed by atoms with Crippen LogP contribution in [-0.2, 0) is 25.7 Å². The van der Waals surface area contributed by atoms with Crippen LogP contribution in [0.4, 0.5) is 4.79 Å². The van der Waals surface area contributed by atoms with Crippen molar-refractivity contribution in [2.24, 2.45) is 5.92 Å². The molecule has 4 rings (SSSR count). The number of carboxylic acid groups (broad SMARTS) is 1. The molecular formula is C31H34N2O6. The lowest BCUT2D eigenvalue weighted by Crippen LogP contribution is -2.54. The number of alkyl carbamates (subject to hydrolysis) is 1. The molecule has 0 saturated heterocycles. The number of nitrogens with one attached hydrogen (secondary N) is 1. The first kappa shape index (κ1) is 27.9. The van der Waals surface area contributed by atoms with E-state index in [0.29, 0.717) is 0 Å². The Kier molecular flexibility index (Phi) is 8.99. The molecule has 0 aliphatic heterocycles. The van der Waals surface area contributed by atoms with E-state index in [9.17, 15) is 19.5 Å². The Labute approximate surface area is 228 Å². The number of ether oxygens (including phenoxy) is 2. The first-order valence-electron chi connectivity index (χ1n) is 13.0. The maximum Gasteiger partial charge on any atom is 0.407 e. The summed E-state index contributed by atoms with van der Waals surface area (Å²) >= 11 is 0. The second kappa shape index (κ2) is 12.6. The van der Waals surface area contributed by atoms with Gasteiger partial charge in [0.25, 0.3) is 0 Å². The van der Waals surface area contributed by atoms with Crippen LogP contribution in [0.3, 0.4) is 0 Å². The monoisotopic (exact) mass is 530 g/mol. The maximum atomic E-state index is 13.4. The average molecular weight is 531 g/mol. The van der Waals surface area contributed by atoms with Crippen molar-refractivity contribution in [2.75, 3.05) is 20.2 Å². The van der Waals surface area contributed by atoms with E-state index in [0.717, 1.165) is 27.8 Å². The lowest BCUT2D eigenvalue weighted by atomic mass is 9.98. The molecule has 3 aromatic rings. The molecule has 0 spiro atoms. The molecule has 0 aromatic heterocycles. The van der Waals surface area contributed by atoms with Gasteiger partial charge in [0.1, 0.15) is 12.6 Å². The van der Waals surface area contributed by atoms with Gasteiger partial charge >= 0.3 is 12.1 Å². The van der Waals surface area contributed by atoms with Gasteiger partial charge in [-0.2, -0.15) is 0 Å². The molecule has 1 unspecified atom stereocenters. The zero-order valence-electron chi connectivity index (χ0n) is 22.4. The molecule has 0 heterocycles. The van der Waals surface area contributed by atoms with Crippen molar-refractivity contribution in [3.8, 4) is 11.1 Å². The lowest BCUT2D eigenvalue weighted by Gasteiger charge is -2.29. The van der Waals surface area contributed by atoms with E-state index in [1.54, 1.807) is 6.92 Å². The van der Waals surface area contributed by atoms with Crippen LogP contribution in [-0.4, -0.2) is 60.3 Å². The summed E-state index contributed by atoms with van der Waals surface area (Å²) in [5, 5.41) is 12.0. The highest BCUT2D eigenvalue weighted by Gasteiger charge is 2.33. The van der Waals surface area contributed by atoms with E-state index in [4.69, 9.17) is 9.47 Å². The van der Waals surface area contributed by atoms with Crippen LogP contribution < -0.4 is 5.32 Å². The molecule has 0 bridgehead atoms. The van der Waals surface area contributed by atoms with Crippen LogP contribution >= 0.6 is 0 Å². The fraction of sp³-hybridized carbons (Fsp3) is 0.323. The minimum absolute atomic E-state index is 0.0115. The first-order valence-corrected chi connectivity index (χ1v) is 13.0. The number of hydrogen-bond donors (Lipinski definition) is 2. The van der Waals surface area contributed by atoms with Crippen LogP contribution in [0, 0.1) is 5.92 Å². The van der Waals surface area contributed by atoms with Crippen molar-refractivity contribution < 1.29 is 29.0 Å². The third-order valence-corrected chi connectivity index (χ3v) is 7.05. The number of rotatable bonds is 11. The number of amides is 2. The molecule has 3 atom stereocenters. The van der Waals surface area contributed by atoms with Crippen LogP contribution in [0.25, 0.3) is 11.1 Å². The summed E-state index contributed by atoms with van der Waals surface area (Å²) in [5.74, 6) is -2.36. The Morgan fingerprint density at radius 1 is 0.897 bits per heavy atom. The van der Waals surface area contributed by atoms with Crippen LogP contribution in [0.15, 0.2) is 78.9 Å². The molecule has 3 aromatic carbocycles. The van der Waals surface area contributed by atoms with Crippen LogP contribution in [0.1, 0.15) is 36.5 Å². The first-order chi connectivity index (χ1) is 18.8. The fourth-order valence-corrected chi connectivity index (χ4v) is 4.86. The van der Waals surface area contributed by atoms with Gasteiger partial charge in [-0.1, -0.05) is 85.8 Å². The molecule has 0 radical (unpaired) electrons. The van der Waals surface area contributed by atoms with Gasteiger partial charge in [-0.15, -0.1) is 0 Å². The number of carbonyl (C=O) groups is 3. The van der Waals surface area contributed by atoms with E-state index in [2.05, 4.69) is 17.4 Å². The van der Waals surface area contributed by atoms with Gasteiger partial charge < -0.3 is 24.8 Å². The highest BCUT2D eigenvalue weighted by atomic mass is 16.5. The quantitative estimate of drug-likeness (QED) is 0.373. The number of fused-ring (bicyclic) bond motifs is 3. The molecule has 1 aliphatic carbocycles. The standard InChI is InChI=1S/C31H34N2O6/c1-20(30(35)36)17-33(3)29(34)28(21(2)38-18-22-11-5-4-6-12-22)32-31(37)39-19-27-25-15-9-7-13-23(25)24-14-8-10-16-26(24)27/h4-16,20-21,27-28H,17-19H2,1-3H3,(H,32,37)(H,35,36)/t20?,21-,28+/m0/s1. The summed E-state index contributed by atoms with van der Waals surface area (Å²) < 4.78 is 11.6. The van der Waals surface area contributed by atoms with Crippen molar-refractivity contribution in [3.05, 3.63) is 95.6 Å². The van der Waals surface area contributed by atoms with Crippen molar-refractivity contribution in [2.45, 2.75) is 38.5 Å². The largest absolute Gasteiger partial charge is 0.481 e. The van der Waals surface area contributed by atoms with Gasteiger partial charge in [0.2, 0.25) is 5.91 Å². The Morgan fingerprint density at radius 2 is 1.46 bits per heavy atom. The summed E-state index contributed by atoms with van der Waals surface area (Å²) in [5.41, 5.74) is 5.33. The number of nitrogens with zero attached hydrogens (tertiary/aromatic N) is 1. The molecule has 39 heavy (non-hydrogen) atoms. The van der Waals surface area contributed by atoms with Crippen molar-refractivity contribution in [1.29, 1.82) is 0 Å². The number of hydrogen-bond acceptors (Lipinski definition) is 5. The summed E-state index contributed by atoms with van der Waals surface area (Å²) in [7, 11) is 1.51. The second-order valence-corrected chi connectivity index (χ2v) is 9.91. The van der Waals surface area contributed by atoms with E-state index < -0.39 is 36.0 Å². The third kappa shape index (κ3) is 6.64.